The lowest BCUT2D eigenvalue weighted by molar-refractivity contribution is -0.384. The van der Waals surface area contributed by atoms with Gasteiger partial charge in [0.2, 0.25) is 0 Å². The molecule has 0 spiro atoms. The van der Waals surface area contributed by atoms with Gasteiger partial charge in [-0.15, -0.1) is 0 Å². The lowest BCUT2D eigenvalue weighted by atomic mass is 10.1. The monoisotopic (exact) mass is 291 g/mol. The Morgan fingerprint density at radius 2 is 1.86 bits per heavy atom. The molecule has 2 N–H and O–H groups in total. The fourth-order valence-electron chi connectivity index (χ4n) is 1.92. The zero-order chi connectivity index (χ0) is 15.7. The maximum absolute atomic E-state index is 11.5. The smallest absolute Gasteiger partial charge is 0.314 e. The Bertz CT molecular complexity index is 806. The maximum atomic E-state index is 11.5. The molecule has 21 heavy (non-hydrogen) atoms. The highest BCUT2D eigenvalue weighted by atomic mass is 16.6. The lowest BCUT2D eigenvalue weighted by Gasteiger charge is -2.20. The van der Waals surface area contributed by atoms with Gasteiger partial charge < -0.3 is 9.97 Å². The number of fused-ring (bicyclic) bond motifs is 1. The molecule has 8 heteroatoms. The van der Waals surface area contributed by atoms with Crippen molar-refractivity contribution in [2.24, 2.45) is 0 Å². The molecular formula is C13H15N4O4. The van der Waals surface area contributed by atoms with Crippen LogP contribution in [-0.4, -0.2) is 26.8 Å². The van der Waals surface area contributed by atoms with E-state index in [0.29, 0.717) is 17.6 Å². The number of hydrogen-bond donors (Lipinski definition) is 2. The summed E-state index contributed by atoms with van der Waals surface area (Å²) < 4.78 is 0. The van der Waals surface area contributed by atoms with Crippen molar-refractivity contribution in [1.82, 2.24) is 14.9 Å². The van der Waals surface area contributed by atoms with Gasteiger partial charge in [0.25, 0.3) is 5.69 Å². The average Bonchev–Trinajstić information content (AvgIpc) is 2.40. The fourth-order valence-corrected chi connectivity index (χ4v) is 1.92. The first-order valence-corrected chi connectivity index (χ1v) is 6.24. The van der Waals surface area contributed by atoms with E-state index in [-0.39, 0.29) is 11.2 Å². The number of nitrogens with zero attached hydrogens (tertiary/aromatic N) is 2. The standard InChI is InChI=1S/C13H15N4O4/c1-7(2)16(3)6-8-4-9(17(20)21)5-10-11(8)15-13(19)12(18)14-10/h4-5H,6H2,1-3H3,(H,14,18)(H,15,19). The Labute approximate surface area is 119 Å². The van der Waals surface area contributed by atoms with Gasteiger partial charge in [0.05, 0.1) is 16.0 Å². The number of H-pyrrole nitrogens is 2. The van der Waals surface area contributed by atoms with Crippen LogP contribution in [0.4, 0.5) is 5.69 Å². The summed E-state index contributed by atoms with van der Waals surface area (Å²) in [5.41, 5.74) is -0.541. The minimum atomic E-state index is -0.833. The SMILES string of the molecule is C[C](C)N(C)Cc1cc([N+](=O)[O-])cc2[nH]c(=O)c(=O)[nH]c12. The Morgan fingerprint density at radius 1 is 1.24 bits per heavy atom. The summed E-state index contributed by atoms with van der Waals surface area (Å²) in [7, 11) is 1.84. The summed E-state index contributed by atoms with van der Waals surface area (Å²) in [6, 6.07) is 3.65. The quantitative estimate of drug-likeness (QED) is 0.498. The van der Waals surface area contributed by atoms with Gasteiger partial charge in [-0.25, -0.2) is 0 Å². The number of non-ortho nitro benzene ring substituents is 1. The predicted molar refractivity (Wildman–Crippen MR) is 77.9 cm³/mol. The van der Waals surface area contributed by atoms with E-state index in [1.54, 1.807) is 0 Å². The van der Waals surface area contributed by atoms with Crippen molar-refractivity contribution in [2.75, 3.05) is 7.05 Å². The fraction of sp³-hybridized carbons (Fsp3) is 0.308. The maximum Gasteiger partial charge on any atom is 0.314 e. The zero-order valence-electron chi connectivity index (χ0n) is 11.9. The molecule has 8 nitrogen and oxygen atoms in total. The van der Waals surface area contributed by atoms with E-state index in [9.17, 15) is 19.7 Å². The van der Waals surface area contributed by atoms with Crippen LogP contribution in [0.15, 0.2) is 21.7 Å². The summed E-state index contributed by atoms with van der Waals surface area (Å²) in [5.74, 6) is 0. The second kappa shape index (κ2) is 5.49. The van der Waals surface area contributed by atoms with E-state index in [1.807, 2.05) is 25.8 Å². The van der Waals surface area contributed by atoms with Gasteiger partial charge in [-0.3, -0.25) is 24.6 Å². The Morgan fingerprint density at radius 3 is 2.43 bits per heavy atom. The molecule has 0 bridgehead atoms. The highest BCUT2D eigenvalue weighted by Crippen LogP contribution is 2.23. The molecule has 0 aliphatic heterocycles. The van der Waals surface area contributed by atoms with Crippen LogP contribution >= 0.6 is 0 Å². The topological polar surface area (TPSA) is 112 Å². The first-order valence-electron chi connectivity index (χ1n) is 6.24. The van der Waals surface area contributed by atoms with E-state index in [0.717, 1.165) is 6.04 Å². The van der Waals surface area contributed by atoms with Gasteiger partial charge in [-0.1, -0.05) is 0 Å². The minimum absolute atomic E-state index is 0.137. The van der Waals surface area contributed by atoms with Crippen molar-refractivity contribution in [3.05, 3.63) is 54.6 Å². The average molecular weight is 291 g/mol. The number of benzene rings is 1. The highest BCUT2D eigenvalue weighted by Gasteiger charge is 2.16. The van der Waals surface area contributed by atoms with Gasteiger partial charge in [-0.2, -0.15) is 0 Å². The van der Waals surface area contributed by atoms with Gasteiger partial charge in [0.1, 0.15) is 0 Å². The van der Waals surface area contributed by atoms with Crippen molar-refractivity contribution < 1.29 is 4.92 Å². The predicted octanol–water partition coefficient (Wildman–Crippen LogP) is 1.13. The molecule has 0 fully saturated rings. The number of nitrogens with one attached hydrogen (secondary N) is 2. The van der Waals surface area contributed by atoms with E-state index in [4.69, 9.17) is 0 Å². The first-order chi connectivity index (χ1) is 9.79. The van der Waals surface area contributed by atoms with Crippen molar-refractivity contribution >= 4 is 16.7 Å². The molecule has 2 aromatic rings. The molecule has 1 radical (unpaired) electrons. The Balaban J connectivity index is 2.70. The van der Waals surface area contributed by atoms with E-state index in [2.05, 4.69) is 9.97 Å². The van der Waals surface area contributed by atoms with Crippen LogP contribution in [0.5, 0.6) is 0 Å². The molecule has 2 rings (SSSR count). The highest BCUT2D eigenvalue weighted by molar-refractivity contribution is 5.80. The van der Waals surface area contributed by atoms with E-state index < -0.39 is 16.0 Å². The van der Waals surface area contributed by atoms with Crippen molar-refractivity contribution in [1.29, 1.82) is 0 Å². The molecule has 0 unspecified atom stereocenters. The molecule has 0 saturated carbocycles. The summed E-state index contributed by atoms with van der Waals surface area (Å²) in [5, 5.41) is 11.0. The second-order valence-corrected chi connectivity index (χ2v) is 5.00. The van der Waals surface area contributed by atoms with Crippen LogP contribution in [0.25, 0.3) is 11.0 Å². The summed E-state index contributed by atoms with van der Waals surface area (Å²) in [4.78, 5) is 40.0. The molecule has 0 aliphatic rings. The van der Waals surface area contributed by atoms with Gasteiger partial charge in [0.15, 0.2) is 0 Å². The van der Waals surface area contributed by atoms with Crippen molar-refractivity contribution in [3.63, 3.8) is 0 Å². The number of aromatic amines is 2. The van der Waals surface area contributed by atoms with Crippen LogP contribution in [0, 0.1) is 16.2 Å². The largest absolute Gasteiger partial charge is 0.316 e. The van der Waals surface area contributed by atoms with Crippen LogP contribution in [-0.2, 0) is 6.54 Å². The molecule has 0 saturated heterocycles. The number of hydrogen-bond acceptors (Lipinski definition) is 5. The Hall–Kier alpha value is -2.48. The third-order valence-corrected chi connectivity index (χ3v) is 3.28. The zero-order valence-corrected chi connectivity index (χ0v) is 11.9. The van der Waals surface area contributed by atoms with Gasteiger partial charge in [-0.05, 0) is 26.5 Å². The number of nitro groups is 1. The number of rotatable bonds is 4. The van der Waals surface area contributed by atoms with Gasteiger partial charge in [0, 0.05) is 24.7 Å². The number of nitro benzene ring substituents is 1. The van der Waals surface area contributed by atoms with E-state index >= 15 is 0 Å². The third kappa shape index (κ3) is 3.00. The molecule has 1 aromatic carbocycles. The van der Waals surface area contributed by atoms with Crippen LogP contribution in [0.1, 0.15) is 19.4 Å². The van der Waals surface area contributed by atoms with Gasteiger partial charge >= 0.3 is 11.1 Å². The van der Waals surface area contributed by atoms with Crippen LogP contribution in [0.2, 0.25) is 0 Å². The number of aromatic nitrogens is 2. The summed E-state index contributed by atoms with van der Waals surface area (Å²) in [6.45, 7) is 4.19. The summed E-state index contributed by atoms with van der Waals surface area (Å²) >= 11 is 0. The molecule has 0 aliphatic carbocycles. The second-order valence-electron chi connectivity index (χ2n) is 5.00. The third-order valence-electron chi connectivity index (χ3n) is 3.28. The molecule has 0 atom stereocenters. The molecule has 111 valence electrons. The Kier molecular flexibility index (Phi) is 3.90. The normalized spacial score (nSPS) is 11.5. The van der Waals surface area contributed by atoms with Crippen LogP contribution in [0.3, 0.4) is 0 Å². The van der Waals surface area contributed by atoms with Crippen LogP contribution < -0.4 is 11.1 Å². The molecular weight excluding hydrogens is 276 g/mol. The van der Waals surface area contributed by atoms with E-state index in [1.165, 1.54) is 12.1 Å². The molecule has 0 amide bonds. The first kappa shape index (κ1) is 14.9. The van der Waals surface area contributed by atoms with Crippen molar-refractivity contribution in [2.45, 2.75) is 20.4 Å². The summed E-state index contributed by atoms with van der Waals surface area (Å²) in [6.07, 6.45) is 0. The minimum Gasteiger partial charge on any atom is -0.316 e. The van der Waals surface area contributed by atoms with Crippen molar-refractivity contribution in [3.8, 4) is 0 Å². The molecule has 1 heterocycles. The lowest BCUT2D eigenvalue weighted by Crippen LogP contribution is -2.29. The molecule has 1 aromatic heterocycles.